The summed E-state index contributed by atoms with van der Waals surface area (Å²) in [4.78, 5) is 10.7. The van der Waals surface area contributed by atoms with Gasteiger partial charge in [0, 0.05) is 24.1 Å². The molecule has 0 saturated carbocycles. The number of nitrogens with zero attached hydrogens (tertiary/aromatic N) is 3. The van der Waals surface area contributed by atoms with Crippen molar-refractivity contribution in [3.8, 4) is 0 Å². The average Bonchev–Trinajstić information content (AvgIpc) is 2.55. The van der Waals surface area contributed by atoms with Gasteiger partial charge < -0.3 is 4.90 Å². The lowest BCUT2D eigenvalue weighted by atomic mass is 10.1. The zero-order valence-electron chi connectivity index (χ0n) is 8.77. The first-order valence-electron chi connectivity index (χ1n) is 5.50. The van der Waals surface area contributed by atoms with Crippen molar-refractivity contribution < 1.29 is 0 Å². The molecule has 0 radical (unpaired) electrons. The van der Waals surface area contributed by atoms with Gasteiger partial charge in [0.1, 0.15) is 12.1 Å². The highest BCUT2D eigenvalue weighted by Crippen LogP contribution is 2.22. The Bertz CT molecular complexity index is 291. The van der Waals surface area contributed by atoms with Gasteiger partial charge in [0.15, 0.2) is 0 Å². The molecule has 2 heterocycles. The summed E-state index contributed by atoms with van der Waals surface area (Å²) in [5.74, 6) is 1.07. The fourth-order valence-corrected chi connectivity index (χ4v) is 2.77. The van der Waals surface area contributed by atoms with Crippen LogP contribution in [0.4, 0.5) is 5.82 Å². The average molecular weight is 270 g/mol. The van der Waals surface area contributed by atoms with E-state index in [0.717, 1.165) is 17.7 Å². The summed E-state index contributed by atoms with van der Waals surface area (Å²) in [7, 11) is 0. The Balaban J connectivity index is 2.16. The van der Waals surface area contributed by atoms with Crippen LogP contribution in [0, 0.1) is 0 Å². The van der Waals surface area contributed by atoms with Gasteiger partial charge >= 0.3 is 0 Å². The highest BCUT2D eigenvalue weighted by Gasteiger charge is 2.20. The molecule has 1 aromatic rings. The zero-order chi connectivity index (χ0) is 10.5. The lowest BCUT2D eigenvalue weighted by molar-refractivity contribution is 0.621. The van der Waals surface area contributed by atoms with Crippen LogP contribution in [0.5, 0.6) is 0 Å². The molecule has 1 atom stereocenters. The minimum Gasteiger partial charge on any atom is -0.353 e. The van der Waals surface area contributed by atoms with Gasteiger partial charge in [-0.1, -0.05) is 28.8 Å². The van der Waals surface area contributed by atoms with E-state index in [1.54, 1.807) is 6.33 Å². The summed E-state index contributed by atoms with van der Waals surface area (Å²) in [6.45, 7) is 1.12. The fourth-order valence-electron chi connectivity index (χ4n) is 2.09. The van der Waals surface area contributed by atoms with Crippen molar-refractivity contribution >= 4 is 21.7 Å². The minimum atomic E-state index is 0.586. The van der Waals surface area contributed by atoms with Crippen molar-refractivity contribution in [3.05, 3.63) is 18.6 Å². The number of aromatic nitrogens is 2. The van der Waals surface area contributed by atoms with Crippen molar-refractivity contribution in [1.82, 2.24) is 9.97 Å². The molecule has 15 heavy (non-hydrogen) atoms. The van der Waals surface area contributed by atoms with Crippen molar-refractivity contribution in [2.75, 3.05) is 16.8 Å². The smallest absolute Gasteiger partial charge is 0.132 e. The van der Waals surface area contributed by atoms with Crippen LogP contribution in [0.3, 0.4) is 0 Å². The Kier molecular flexibility index (Phi) is 3.94. The van der Waals surface area contributed by atoms with Crippen molar-refractivity contribution in [2.24, 2.45) is 0 Å². The van der Waals surface area contributed by atoms with Crippen LogP contribution in [0.2, 0.25) is 0 Å². The molecule has 0 spiro atoms. The molecule has 82 valence electrons. The first-order valence-corrected chi connectivity index (χ1v) is 6.62. The molecule has 4 heteroatoms. The summed E-state index contributed by atoms with van der Waals surface area (Å²) in [5, 5.41) is 1.02. The summed E-state index contributed by atoms with van der Waals surface area (Å²) in [6.07, 6.45) is 8.65. The normalized spacial score (nSPS) is 22.5. The van der Waals surface area contributed by atoms with Crippen LogP contribution in [-0.2, 0) is 0 Å². The molecule has 0 N–H and O–H groups in total. The maximum absolute atomic E-state index is 4.34. The van der Waals surface area contributed by atoms with E-state index in [-0.39, 0.29) is 0 Å². The molecule has 2 rings (SSSR count). The fraction of sp³-hybridized carbons (Fsp3) is 0.636. The first kappa shape index (κ1) is 10.9. The van der Waals surface area contributed by atoms with E-state index >= 15 is 0 Å². The highest BCUT2D eigenvalue weighted by molar-refractivity contribution is 9.09. The maximum atomic E-state index is 4.34. The molecule has 1 fully saturated rings. The minimum absolute atomic E-state index is 0.586. The molecule has 1 aromatic heterocycles. The molecular weight excluding hydrogens is 254 g/mol. The third-order valence-electron chi connectivity index (χ3n) is 2.92. The number of rotatable bonds is 2. The predicted octanol–water partition coefficient (Wildman–Crippen LogP) is 2.62. The van der Waals surface area contributed by atoms with Crippen LogP contribution >= 0.6 is 15.9 Å². The van der Waals surface area contributed by atoms with Crippen LogP contribution < -0.4 is 4.90 Å². The second-order valence-corrected chi connectivity index (χ2v) is 4.57. The third kappa shape index (κ3) is 2.68. The summed E-state index contributed by atoms with van der Waals surface area (Å²) in [5.41, 5.74) is 0. The van der Waals surface area contributed by atoms with E-state index in [1.165, 1.54) is 25.7 Å². The second kappa shape index (κ2) is 5.45. The van der Waals surface area contributed by atoms with Gasteiger partial charge in [-0.2, -0.15) is 0 Å². The van der Waals surface area contributed by atoms with Crippen molar-refractivity contribution in [3.63, 3.8) is 0 Å². The highest BCUT2D eigenvalue weighted by atomic mass is 79.9. The van der Waals surface area contributed by atoms with Crippen LogP contribution in [0.25, 0.3) is 0 Å². The standard InChI is InChI=1S/C11H16BrN3/c12-8-10-4-2-1-3-7-15(10)11-5-6-13-9-14-11/h5-6,9-10H,1-4,7-8H2. The summed E-state index contributed by atoms with van der Waals surface area (Å²) < 4.78 is 0. The summed E-state index contributed by atoms with van der Waals surface area (Å²) in [6, 6.07) is 2.59. The lowest BCUT2D eigenvalue weighted by Crippen LogP contribution is -2.36. The van der Waals surface area contributed by atoms with Crippen molar-refractivity contribution in [2.45, 2.75) is 31.7 Å². The van der Waals surface area contributed by atoms with E-state index in [2.05, 4.69) is 30.8 Å². The van der Waals surface area contributed by atoms with Gasteiger partial charge in [-0.05, 0) is 18.9 Å². The number of hydrogen-bond acceptors (Lipinski definition) is 3. The molecule has 1 aliphatic rings. The molecule has 0 aromatic carbocycles. The maximum Gasteiger partial charge on any atom is 0.132 e. The Morgan fingerprint density at radius 3 is 3.07 bits per heavy atom. The second-order valence-electron chi connectivity index (χ2n) is 3.92. The van der Waals surface area contributed by atoms with Crippen molar-refractivity contribution in [1.29, 1.82) is 0 Å². The Morgan fingerprint density at radius 1 is 1.40 bits per heavy atom. The monoisotopic (exact) mass is 269 g/mol. The predicted molar refractivity (Wildman–Crippen MR) is 65.4 cm³/mol. The number of anilines is 1. The molecular formula is C11H16BrN3. The Labute approximate surface area is 99.0 Å². The Hall–Kier alpha value is -0.640. The van der Waals surface area contributed by atoms with E-state index < -0.39 is 0 Å². The molecule has 1 aliphatic heterocycles. The topological polar surface area (TPSA) is 29.0 Å². The quantitative estimate of drug-likeness (QED) is 0.773. The van der Waals surface area contributed by atoms with Crippen LogP contribution in [0.1, 0.15) is 25.7 Å². The molecule has 1 saturated heterocycles. The van der Waals surface area contributed by atoms with E-state index in [4.69, 9.17) is 0 Å². The van der Waals surface area contributed by atoms with Gasteiger partial charge in [-0.3, -0.25) is 0 Å². The number of hydrogen-bond donors (Lipinski definition) is 0. The molecule has 1 unspecified atom stereocenters. The van der Waals surface area contributed by atoms with Gasteiger partial charge in [0.05, 0.1) is 0 Å². The third-order valence-corrected chi connectivity index (χ3v) is 3.66. The number of halogens is 1. The van der Waals surface area contributed by atoms with E-state index in [0.29, 0.717) is 6.04 Å². The summed E-state index contributed by atoms with van der Waals surface area (Å²) >= 11 is 3.60. The van der Waals surface area contributed by atoms with E-state index in [9.17, 15) is 0 Å². The zero-order valence-corrected chi connectivity index (χ0v) is 10.4. The van der Waals surface area contributed by atoms with Crippen LogP contribution in [-0.4, -0.2) is 27.9 Å². The SMILES string of the molecule is BrCC1CCCCCN1c1ccncn1. The molecule has 0 aliphatic carbocycles. The van der Waals surface area contributed by atoms with Crippen LogP contribution in [0.15, 0.2) is 18.6 Å². The molecule has 3 nitrogen and oxygen atoms in total. The number of alkyl halides is 1. The van der Waals surface area contributed by atoms with Gasteiger partial charge in [0.25, 0.3) is 0 Å². The largest absolute Gasteiger partial charge is 0.353 e. The van der Waals surface area contributed by atoms with Gasteiger partial charge in [-0.15, -0.1) is 0 Å². The van der Waals surface area contributed by atoms with Gasteiger partial charge in [0.2, 0.25) is 0 Å². The molecule has 0 bridgehead atoms. The lowest BCUT2D eigenvalue weighted by Gasteiger charge is -2.29. The first-order chi connectivity index (χ1) is 7.42. The van der Waals surface area contributed by atoms with E-state index in [1.807, 2.05) is 12.3 Å². The Morgan fingerprint density at radius 2 is 2.33 bits per heavy atom. The van der Waals surface area contributed by atoms with Gasteiger partial charge in [-0.25, -0.2) is 9.97 Å². The molecule has 0 amide bonds.